The van der Waals surface area contributed by atoms with Crippen LogP contribution in [0.5, 0.6) is 5.75 Å². The van der Waals surface area contributed by atoms with E-state index in [2.05, 4.69) is 0 Å². The molecule has 0 aliphatic carbocycles. The average Bonchev–Trinajstić information content (AvgIpc) is 3.48. The average molecular weight is 537 g/mol. The van der Waals surface area contributed by atoms with Crippen LogP contribution in [0, 0.1) is 6.92 Å². The third-order valence-electron chi connectivity index (χ3n) is 6.05. The Morgan fingerprint density at radius 1 is 1.20 bits per heavy atom. The minimum atomic E-state index is -3.82. The number of likely N-dealkylation sites (N-methyl/N-ethyl adjacent to an activating group) is 1. The molecule has 188 valence electrons. The van der Waals surface area contributed by atoms with Gasteiger partial charge in [0.15, 0.2) is 5.13 Å². The van der Waals surface area contributed by atoms with E-state index in [0.29, 0.717) is 53.9 Å². The lowest BCUT2D eigenvalue weighted by atomic mass is 10.2. The molecule has 4 rings (SSSR count). The number of fused-ring (bicyclic) bond motifs is 1. The standard InChI is InChI=1S/C24H29ClN4O4S2/c1-16-7-9-17(10-8-16)35(31,32)29-13-5-6-19(29)23(30)28(15-14-27(2)3)24-26-21-20(33-4)12-11-18(25)22(21)34-24/h7-12,19H,5-6,13-15H2,1-4H3. The molecule has 1 unspecified atom stereocenters. The molecule has 0 saturated carbocycles. The summed E-state index contributed by atoms with van der Waals surface area (Å²) >= 11 is 7.72. The van der Waals surface area contributed by atoms with Crippen molar-refractivity contribution in [3.63, 3.8) is 0 Å². The summed E-state index contributed by atoms with van der Waals surface area (Å²) in [5.74, 6) is 0.283. The molecule has 1 aromatic heterocycles. The Bertz CT molecular complexity index is 1330. The fourth-order valence-corrected chi connectivity index (χ4v) is 7.06. The smallest absolute Gasteiger partial charge is 0.247 e. The zero-order valence-corrected chi connectivity index (χ0v) is 22.6. The maximum Gasteiger partial charge on any atom is 0.247 e. The molecule has 0 bridgehead atoms. The van der Waals surface area contributed by atoms with Crippen molar-refractivity contribution in [3.8, 4) is 5.75 Å². The second-order valence-corrected chi connectivity index (χ2v) is 12.1. The lowest BCUT2D eigenvalue weighted by Gasteiger charge is -2.29. The molecule has 2 heterocycles. The molecule has 1 aliphatic heterocycles. The van der Waals surface area contributed by atoms with Crippen LogP contribution in [0.15, 0.2) is 41.3 Å². The number of carbonyl (C=O) groups excluding carboxylic acids is 1. The lowest BCUT2D eigenvalue weighted by Crippen LogP contribution is -2.49. The normalized spacial score (nSPS) is 16.8. The molecule has 1 saturated heterocycles. The Labute approximate surface area is 215 Å². The number of rotatable bonds is 8. The second kappa shape index (κ2) is 10.4. The number of aromatic nitrogens is 1. The van der Waals surface area contributed by atoms with E-state index in [1.165, 1.54) is 15.6 Å². The Morgan fingerprint density at radius 2 is 1.91 bits per heavy atom. The first-order valence-corrected chi connectivity index (χ1v) is 13.9. The number of amides is 1. The van der Waals surface area contributed by atoms with E-state index in [1.54, 1.807) is 48.4 Å². The van der Waals surface area contributed by atoms with Crippen LogP contribution in [-0.2, 0) is 14.8 Å². The van der Waals surface area contributed by atoms with Gasteiger partial charge in [-0.05, 0) is 58.1 Å². The highest BCUT2D eigenvalue weighted by Gasteiger charge is 2.42. The molecule has 35 heavy (non-hydrogen) atoms. The molecule has 1 amide bonds. The first-order chi connectivity index (χ1) is 16.6. The summed E-state index contributed by atoms with van der Waals surface area (Å²) in [7, 11) is 1.58. The van der Waals surface area contributed by atoms with Gasteiger partial charge in [-0.15, -0.1) is 0 Å². The van der Waals surface area contributed by atoms with Crippen LogP contribution < -0.4 is 9.64 Å². The molecule has 1 aliphatic rings. The Kier molecular flexibility index (Phi) is 7.68. The molecule has 0 radical (unpaired) electrons. The topological polar surface area (TPSA) is 83.0 Å². The van der Waals surface area contributed by atoms with E-state index < -0.39 is 16.1 Å². The van der Waals surface area contributed by atoms with Gasteiger partial charge in [0.1, 0.15) is 17.3 Å². The van der Waals surface area contributed by atoms with Crippen LogP contribution in [0.1, 0.15) is 18.4 Å². The van der Waals surface area contributed by atoms with Crippen LogP contribution in [0.2, 0.25) is 5.02 Å². The van der Waals surface area contributed by atoms with Crippen molar-refractivity contribution in [1.82, 2.24) is 14.2 Å². The van der Waals surface area contributed by atoms with Crippen molar-refractivity contribution in [2.45, 2.75) is 30.7 Å². The molecule has 1 fully saturated rings. The molecule has 3 aromatic rings. The fourth-order valence-electron chi connectivity index (χ4n) is 4.12. The highest BCUT2D eigenvalue weighted by Crippen LogP contribution is 2.39. The van der Waals surface area contributed by atoms with Crippen LogP contribution >= 0.6 is 22.9 Å². The maximum absolute atomic E-state index is 13.9. The number of hydrogen-bond donors (Lipinski definition) is 0. The molecule has 0 spiro atoms. The third kappa shape index (κ3) is 5.17. The fraction of sp³-hybridized carbons (Fsp3) is 0.417. The molecule has 8 nitrogen and oxygen atoms in total. The molecule has 11 heteroatoms. The second-order valence-electron chi connectivity index (χ2n) is 8.80. The van der Waals surface area contributed by atoms with E-state index in [9.17, 15) is 13.2 Å². The third-order valence-corrected chi connectivity index (χ3v) is 9.51. The zero-order valence-electron chi connectivity index (χ0n) is 20.2. The monoisotopic (exact) mass is 536 g/mol. The quantitative estimate of drug-likeness (QED) is 0.432. The predicted molar refractivity (Wildman–Crippen MR) is 140 cm³/mol. The summed E-state index contributed by atoms with van der Waals surface area (Å²) in [5, 5.41) is 0.992. The molecular formula is C24H29ClN4O4S2. The number of anilines is 1. The van der Waals surface area contributed by atoms with E-state index in [1.807, 2.05) is 25.9 Å². The number of ether oxygens (including phenoxy) is 1. The summed E-state index contributed by atoms with van der Waals surface area (Å²) in [6.07, 6.45) is 1.07. The first-order valence-electron chi connectivity index (χ1n) is 11.3. The van der Waals surface area contributed by atoms with Crippen LogP contribution in [0.3, 0.4) is 0 Å². The lowest BCUT2D eigenvalue weighted by molar-refractivity contribution is -0.121. The number of nitrogens with zero attached hydrogens (tertiary/aromatic N) is 4. The van der Waals surface area contributed by atoms with Gasteiger partial charge in [-0.3, -0.25) is 9.69 Å². The van der Waals surface area contributed by atoms with Crippen molar-refractivity contribution < 1.29 is 17.9 Å². The summed E-state index contributed by atoms with van der Waals surface area (Å²) in [4.78, 5) is 22.4. The summed E-state index contributed by atoms with van der Waals surface area (Å²) < 4.78 is 34.4. The zero-order chi connectivity index (χ0) is 25.3. The van der Waals surface area contributed by atoms with Gasteiger partial charge in [0.2, 0.25) is 15.9 Å². The van der Waals surface area contributed by atoms with E-state index in [4.69, 9.17) is 21.3 Å². The minimum absolute atomic E-state index is 0.194. The largest absolute Gasteiger partial charge is 0.494 e. The minimum Gasteiger partial charge on any atom is -0.494 e. The van der Waals surface area contributed by atoms with Crippen molar-refractivity contribution in [1.29, 1.82) is 0 Å². The number of thiazole rings is 1. The van der Waals surface area contributed by atoms with Gasteiger partial charge in [0.05, 0.1) is 21.7 Å². The van der Waals surface area contributed by atoms with Gasteiger partial charge in [-0.2, -0.15) is 4.31 Å². The van der Waals surface area contributed by atoms with Crippen LogP contribution in [-0.4, -0.2) is 75.4 Å². The van der Waals surface area contributed by atoms with Gasteiger partial charge in [-0.1, -0.05) is 40.6 Å². The maximum atomic E-state index is 13.9. The molecular weight excluding hydrogens is 508 g/mol. The van der Waals surface area contributed by atoms with Gasteiger partial charge in [0, 0.05) is 19.6 Å². The highest BCUT2D eigenvalue weighted by molar-refractivity contribution is 7.89. The van der Waals surface area contributed by atoms with Gasteiger partial charge < -0.3 is 9.64 Å². The van der Waals surface area contributed by atoms with Crippen LogP contribution in [0.25, 0.3) is 10.2 Å². The Hall–Kier alpha value is -2.24. The van der Waals surface area contributed by atoms with Gasteiger partial charge in [-0.25, -0.2) is 13.4 Å². The summed E-state index contributed by atoms with van der Waals surface area (Å²) in [6.45, 7) is 3.15. The number of halogens is 1. The molecule has 0 N–H and O–H groups in total. The Morgan fingerprint density at radius 3 is 2.57 bits per heavy atom. The Balaban J connectivity index is 1.71. The van der Waals surface area contributed by atoms with E-state index in [-0.39, 0.29) is 10.8 Å². The van der Waals surface area contributed by atoms with Crippen molar-refractivity contribution >= 4 is 54.2 Å². The van der Waals surface area contributed by atoms with Crippen LogP contribution in [0.4, 0.5) is 5.13 Å². The number of carbonyl (C=O) groups is 1. The highest BCUT2D eigenvalue weighted by atomic mass is 35.5. The number of aryl methyl sites for hydroxylation is 1. The number of hydrogen-bond acceptors (Lipinski definition) is 7. The summed E-state index contributed by atoms with van der Waals surface area (Å²) in [6, 6.07) is 9.40. The van der Waals surface area contributed by atoms with Crippen molar-refractivity contribution in [3.05, 3.63) is 47.0 Å². The molecule has 1 atom stereocenters. The van der Waals surface area contributed by atoms with Crippen molar-refractivity contribution in [2.24, 2.45) is 0 Å². The number of sulfonamides is 1. The number of benzene rings is 2. The summed E-state index contributed by atoms with van der Waals surface area (Å²) in [5.41, 5.74) is 1.55. The number of methoxy groups -OCH3 is 1. The predicted octanol–water partition coefficient (Wildman–Crippen LogP) is 4.01. The first kappa shape index (κ1) is 25.8. The van der Waals surface area contributed by atoms with Gasteiger partial charge in [0.25, 0.3) is 0 Å². The SMILES string of the molecule is COc1ccc(Cl)c2sc(N(CCN(C)C)C(=O)C3CCCN3S(=O)(=O)c3ccc(C)cc3)nc12. The van der Waals surface area contributed by atoms with Gasteiger partial charge >= 0.3 is 0 Å². The van der Waals surface area contributed by atoms with Crippen molar-refractivity contribution in [2.75, 3.05) is 45.7 Å². The molecule has 2 aromatic carbocycles. The van der Waals surface area contributed by atoms with E-state index >= 15 is 0 Å². The van der Waals surface area contributed by atoms with E-state index in [0.717, 1.165) is 10.3 Å².